The predicted octanol–water partition coefficient (Wildman–Crippen LogP) is 4.86. The number of aryl methyl sites for hydroxylation is 1. The zero-order valence-corrected chi connectivity index (χ0v) is 18.5. The zero-order chi connectivity index (χ0) is 21.6. The van der Waals surface area contributed by atoms with Crippen LogP contribution in [0.5, 0.6) is 5.75 Å². The van der Waals surface area contributed by atoms with Crippen molar-refractivity contribution >= 4 is 44.4 Å². The summed E-state index contributed by atoms with van der Waals surface area (Å²) in [6.07, 6.45) is 6.09. The van der Waals surface area contributed by atoms with Crippen molar-refractivity contribution in [2.24, 2.45) is 0 Å². The fraction of sp³-hybridized carbons (Fsp3) is 0.227. The molecule has 0 saturated heterocycles. The van der Waals surface area contributed by atoms with Crippen LogP contribution in [0.4, 0.5) is 9.52 Å². The maximum absolute atomic E-state index is 14.1. The number of para-hydroxylation sites is 1. The highest BCUT2D eigenvalue weighted by molar-refractivity contribution is 8.00. The van der Waals surface area contributed by atoms with Gasteiger partial charge in [0, 0.05) is 30.4 Å². The summed E-state index contributed by atoms with van der Waals surface area (Å²) in [5, 5.41) is 0.520. The van der Waals surface area contributed by atoms with Gasteiger partial charge < -0.3 is 9.30 Å². The first-order chi connectivity index (χ1) is 15.1. The number of fused-ring (bicyclic) bond motifs is 1. The number of ether oxygens (including phenoxy) is 1. The first-order valence-corrected chi connectivity index (χ1v) is 11.5. The number of anilines is 1. The van der Waals surface area contributed by atoms with Crippen LogP contribution in [-0.2, 0) is 11.3 Å². The second-order valence-corrected chi connectivity index (χ2v) is 8.80. The summed E-state index contributed by atoms with van der Waals surface area (Å²) in [4.78, 5) is 24.2. The highest BCUT2D eigenvalue weighted by atomic mass is 32.2. The summed E-state index contributed by atoms with van der Waals surface area (Å²) < 4.78 is 22.0. The van der Waals surface area contributed by atoms with Gasteiger partial charge in [-0.2, -0.15) is 0 Å². The highest BCUT2D eigenvalue weighted by Gasteiger charge is 2.20. The molecule has 0 aliphatic carbocycles. The fourth-order valence-corrected chi connectivity index (χ4v) is 4.87. The lowest BCUT2D eigenvalue weighted by Crippen LogP contribution is -2.33. The molecule has 0 aliphatic heterocycles. The molecule has 4 rings (SSSR count). The van der Waals surface area contributed by atoms with Gasteiger partial charge in [0.25, 0.3) is 0 Å². The molecule has 0 aliphatic rings. The normalized spacial score (nSPS) is 11.0. The molecule has 160 valence electrons. The quantitative estimate of drug-likeness (QED) is 0.337. The van der Waals surface area contributed by atoms with Gasteiger partial charge in [-0.25, -0.2) is 14.4 Å². The number of carbonyl (C=O) groups is 1. The lowest BCUT2D eigenvalue weighted by molar-refractivity contribution is -0.116. The number of halogens is 1. The van der Waals surface area contributed by atoms with Crippen molar-refractivity contribution < 1.29 is 13.9 Å². The fourth-order valence-electron chi connectivity index (χ4n) is 3.07. The van der Waals surface area contributed by atoms with E-state index >= 15 is 0 Å². The van der Waals surface area contributed by atoms with E-state index in [4.69, 9.17) is 4.74 Å². The average Bonchev–Trinajstić information content (AvgIpc) is 3.46. The molecule has 0 saturated carbocycles. The van der Waals surface area contributed by atoms with E-state index < -0.39 is 0 Å². The Morgan fingerprint density at radius 1 is 1.26 bits per heavy atom. The zero-order valence-electron chi connectivity index (χ0n) is 16.9. The number of amides is 1. The van der Waals surface area contributed by atoms with E-state index in [1.165, 1.54) is 29.2 Å². The van der Waals surface area contributed by atoms with Crippen molar-refractivity contribution in [3.63, 3.8) is 0 Å². The van der Waals surface area contributed by atoms with Gasteiger partial charge in [-0.05, 0) is 42.8 Å². The van der Waals surface area contributed by atoms with Crippen LogP contribution in [0.2, 0.25) is 0 Å². The van der Waals surface area contributed by atoms with Crippen molar-refractivity contribution in [1.82, 2.24) is 14.5 Å². The van der Waals surface area contributed by atoms with Crippen LogP contribution in [0.15, 0.2) is 66.1 Å². The summed E-state index contributed by atoms with van der Waals surface area (Å²) in [5.74, 6) is 0.591. The third kappa shape index (κ3) is 5.23. The molecule has 0 atom stereocenters. The first kappa shape index (κ1) is 21.3. The second-order valence-electron chi connectivity index (χ2n) is 6.75. The average molecular weight is 457 g/mol. The minimum absolute atomic E-state index is 0.0640. The summed E-state index contributed by atoms with van der Waals surface area (Å²) in [5.41, 5.74) is 0.303. The van der Waals surface area contributed by atoms with Crippen LogP contribution in [-0.4, -0.2) is 39.8 Å². The molecule has 4 aromatic rings. The van der Waals surface area contributed by atoms with Gasteiger partial charge in [-0.15, -0.1) is 11.8 Å². The lowest BCUT2D eigenvalue weighted by atomic mass is 10.3. The van der Waals surface area contributed by atoms with Gasteiger partial charge in [-0.3, -0.25) is 9.69 Å². The summed E-state index contributed by atoms with van der Waals surface area (Å²) >= 11 is 2.78. The lowest BCUT2D eigenvalue weighted by Gasteiger charge is -2.20. The van der Waals surface area contributed by atoms with Crippen molar-refractivity contribution in [2.75, 3.05) is 24.3 Å². The maximum Gasteiger partial charge on any atom is 0.239 e. The molecular weight excluding hydrogens is 435 g/mol. The van der Waals surface area contributed by atoms with E-state index in [0.29, 0.717) is 17.2 Å². The van der Waals surface area contributed by atoms with Gasteiger partial charge in [0.05, 0.1) is 23.9 Å². The van der Waals surface area contributed by atoms with Crippen molar-refractivity contribution in [2.45, 2.75) is 17.9 Å². The van der Waals surface area contributed by atoms with Gasteiger partial charge in [0.2, 0.25) is 5.91 Å². The molecule has 0 unspecified atom stereocenters. The van der Waals surface area contributed by atoms with Crippen LogP contribution < -0.4 is 9.64 Å². The van der Waals surface area contributed by atoms with Crippen LogP contribution in [0, 0.1) is 5.82 Å². The SMILES string of the molecule is COc1ccc(SCC(=O)N(CCCn2ccnc2)c2nc3c(F)cccc3s2)cc1. The number of hydrogen-bond donors (Lipinski definition) is 0. The minimum atomic E-state index is -0.376. The van der Waals surface area contributed by atoms with E-state index in [1.807, 2.05) is 41.1 Å². The Hall–Kier alpha value is -2.91. The number of aromatic nitrogens is 3. The monoisotopic (exact) mass is 456 g/mol. The molecule has 0 bridgehead atoms. The largest absolute Gasteiger partial charge is 0.497 e. The number of nitrogens with zero attached hydrogens (tertiary/aromatic N) is 4. The number of benzene rings is 2. The first-order valence-electron chi connectivity index (χ1n) is 9.72. The van der Waals surface area contributed by atoms with Crippen LogP contribution in [0.3, 0.4) is 0 Å². The predicted molar refractivity (Wildman–Crippen MR) is 122 cm³/mol. The molecule has 2 aromatic heterocycles. The Kier molecular flexibility index (Phi) is 6.83. The second kappa shape index (κ2) is 9.93. The third-order valence-corrected chi connectivity index (χ3v) is 6.71. The maximum atomic E-state index is 14.1. The summed E-state index contributed by atoms with van der Waals surface area (Å²) in [7, 11) is 1.62. The Morgan fingerprint density at radius 2 is 2.10 bits per heavy atom. The minimum Gasteiger partial charge on any atom is -0.497 e. The molecular formula is C22H21FN4O2S2. The molecule has 6 nitrogen and oxygen atoms in total. The topological polar surface area (TPSA) is 60.2 Å². The van der Waals surface area contributed by atoms with Crippen LogP contribution in [0.25, 0.3) is 10.2 Å². The molecule has 0 fully saturated rings. The van der Waals surface area contributed by atoms with Gasteiger partial charge in [-0.1, -0.05) is 17.4 Å². The molecule has 31 heavy (non-hydrogen) atoms. The number of hydrogen-bond acceptors (Lipinski definition) is 6. The van der Waals surface area contributed by atoms with Gasteiger partial charge in [0.1, 0.15) is 17.1 Å². The number of thiazole rings is 1. The van der Waals surface area contributed by atoms with Crippen LogP contribution >= 0.6 is 23.1 Å². The van der Waals surface area contributed by atoms with Crippen molar-refractivity contribution in [3.8, 4) is 5.75 Å². The Balaban J connectivity index is 1.49. The van der Waals surface area contributed by atoms with Crippen molar-refractivity contribution in [1.29, 1.82) is 0 Å². The van der Waals surface area contributed by atoms with Crippen molar-refractivity contribution in [3.05, 3.63) is 67.0 Å². The number of rotatable bonds is 9. The molecule has 0 radical (unpaired) electrons. The van der Waals surface area contributed by atoms with Crippen LogP contribution in [0.1, 0.15) is 6.42 Å². The Bertz CT molecular complexity index is 1150. The number of carbonyl (C=O) groups excluding carboxylic acids is 1. The molecule has 0 N–H and O–H groups in total. The molecule has 2 heterocycles. The Labute approximate surface area is 187 Å². The third-order valence-electron chi connectivity index (χ3n) is 4.67. The number of thioether (sulfide) groups is 1. The van der Waals surface area contributed by atoms with Gasteiger partial charge in [0.15, 0.2) is 5.13 Å². The van der Waals surface area contributed by atoms with E-state index in [9.17, 15) is 9.18 Å². The standard InChI is InChI=1S/C22H21FN4O2S2/c1-29-16-6-8-17(9-7-16)30-14-20(28)27(12-3-11-26-13-10-24-15-26)22-25-21-18(23)4-2-5-19(21)31-22/h2,4-10,13,15H,3,11-12,14H2,1H3. The highest BCUT2D eigenvalue weighted by Crippen LogP contribution is 2.31. The van der Waals surface area contributed by atoms with E-state index in [1.54, 1.807) is 30.6 Å². The summed E-state index contributed by atoms with van der Waals surface area (Å²) in [6.45, 7) is 1.22. The molecule has 1 amide bonds. The molecule has 2 aromatic carbocycles. The number of methoxy groups -OCH3 is 1. The van der Waals surface area contributed by atoms with E-state index in [2.05, 4.69) is 9.97 Å². The van der Waals surface area contributed by atoms with Gasteiger partial charge >= 0.3 is 0 Å². The molecule has 0 spiro atoms. The molecule has 9 heteroatoms. The summed E-state index contributed by atoms with van der Waals surface area (Å²) in [6, 6.07) is 12.4. The van der Waals surface area contributed by atoms with E-state index in [-0.39, 0.29) is 17.5 Å². The van der Waals surface area contributed by atoms with E-state index in [0.717, 1.165) is 28.3 Å². The Morgan fingerprint density at radius 3 is 2.81 bits per heavy atom. The number of imidazole rings is 1. The smallest absolute Gasteiger partial charge is 0.239 e.